The highest BCUT2D eigenvalue weighted by molar-refractivity contribution is 5.21. The van der Waals surface area contributed by atoms with Gasteiger partial charge in [-0.1, -0.05) is 6.92 Å². The minimum atomic E-state index is -0.227. The van der Waals surface area contributed by atoms with Gasteiger partial charge in [0, 0.05) is 45.9 Å². The molecule has 1 aliphatic heterocycles. The first-order valence-electron chi connectivity index (χ1n) is 8.56. The first-order chi connectivity index (χ1) is 11.2. The normalized spacial score (nSPS) is 19.9. The van der Waals surface area contributed by atoms with Crippen LogP contribution in [0, 0.1) is 5.82 Å². The van der Waals surface area contributed by atoms with E-state index in [1.807, 2.05) is 0 Å². The van der Waals surface area contributed by atoms with E-state index in [-0.39, 0.29) is 5.82 Å². The molecule has 4 nitrogen and oxygen atoms in total. The maximum atomic E-state index is 12.8. The zero-order valence-corrected chi connectivity index (χ0v) is 14.3. The zero-order chi connectivity index (χ0) is 16.5. The lowest BCUT2D eigenvalue weighted by Gasteiger charge is -2.41. The molecule has 1 saturated heterocycles. The second-order valence-corrected chi connectivity index (χ2v) is 6.05. The summed E-state index contributed by atoms with van der Waals surface area (Å²) in [6, 6.07) is 6.84. The van der Waals surface area contributed by atoms with Gasteiger partial charge in [0.05, 0.1) is 13.2 Å². The summed E-state index contributed by atoms with van der Waals surface area (Å²) in [5, 5.41) is 0. The molecule has 130 valence electrons. The Labute approximate surface area is 139 Å². The Morgan fingerprint density at radius 2 is 1.91 bits per heavy atom. The summed E-state index contributed by atoms with van der Waals surface area (Å²) < 4.78 is 23.7. The summed E-state index contributed by atoms with van der Waals surface area (Å²) in [4.78, 5) is 5.06. The van der Waals surface area contributed by atoms with Gasteiger partial charge in [-0.15, -0.1) is 0 Å². The van der Waals surface area contributed by atoms with Gasteiger partial charge in [0.15, 0.2) is 0 Å². The molecule has 0 spiro atoms. The zero-order valence-electron chi connectivity index (χ0n) is 14.3. The van der Waals surface area contributed by atoms with Crippen molar-refractivity contribution >= 4 is 0 Å². The maximum Gasteiger partial charge on any atom is 0.123 e. The van der Waals surface area contributed by atoms with E-state index in [4.69, 9.17) is 9.47 Å². The molecule has 0 bridgehead atoms. The largest absolute Gasteiger partial charge is 0.494 e. The fourth-order valence-electron chi connectivity index (χ4n) is 3.06. The second-order valence-electron chi connectivity index (χ2n) is 6.05. The number of rotatable bonds is 9. The van der Waals surface area contributed by atoms with Crippen molar-refractivity contribution < 1.29 is 13.9 Å². The summed E-state index contributed by atoms with van der Waals surface area (Å²) in [5.74, 6) is 0.511. The second kappa shape index (κ2) is 9.85. The fraction of sp³-hybridized carbons (Fsp3) is 0.667. The van der Waals surface area contributed by atoms with E-state index in [0.29, 0.717) is 12.6 Å². The van der Waals surface area contributed by atoms with Gasteiger partial charge in [0.1, 0.15) is 11.6 Å². The number of methoxy groups -OCH3 is 1. The van der Waals surface area contributed by atoms with Gasteiger partial charge >= 0.3 is 0 Å². The number of benzene rings is 1. The van der Waals surface area contributed by atoms with Crippen LogP contribution in [0.5, 0.6) is 5.75 Å². The van der Waals surface area contributed by atoms with Gasteiger partial charge in [-0.3, -0.25) is 4.90 Å². The molecule has 0 aliphatic carbocycles. The molecule has 0 N–H and O–H groups in total. The predicted octanol–water partition coefficient (Wildman–Crippen LogP) is 2.64. The molecular formula is C18H29FN2O2. The number of halogens is 1. The highest BCUT2D eigenvalue weighted by Crippen LogP contribution is 2.14. The van der Waals surface area contributed by atoms with Crippen molar-refractivity contribution in [2.24, 2.45) is 0 Å². The molecule has 5 heteroatoms. The molecule has 0 amide bonds. The lowest BCUT2D eigenvalue weighted by molar-refractivity contribution is 0.0478. The lowest BCUT2D eigenvalue weighted by atomic mass is 10.1. The molecule has 23 heavy (non-hydrogen) atoms. The Hall–Kier alpha value is -1.17. The van der Waals surface area contributed by atoms with Crippen molar-refractivity contribution in [3.63, 3.8) is 0 Å². The van der Waals surface area contributed by atoms with Crippen LogP contribution in [0.1, 0.15) is 19.8 Å². The summed E-state index contributed by atoms with van der Waals surface area (Å²) in [7, 11) is 1.76. The number of ether oxygens (including phenoxy) is 2. The third-order valence-corrected chi connectivity index (χ3v) is 4.44. The van der Waals surface area contributed by atoms with E-state index in [1.54, 1.807) is 19.2 Å². The molecule has 1 aromatic rings. The van der Waals surface area contributed by atoms with Crippen molar-refractivity contribution in [2.45, 2.75) is 25.8 Å². The third kappa shape index (κ3) is 6.09. The molecule has 0 saturated carbocycles. The van der Waals surface area contributed by atoms with Gasteiger partial charge in [-0.25, -0.2) is 4.39 Å². The van der Waals surface area contributed by atoms with E-state index in [1.165, 1.54) is 18.6 Å². The van der Waals surface area contributed by atoms with Crippen molar-refractivity contribution in [1.29, 1.82) is 0 Å². The molecule has 1 heterocycles. The van der Waals surface area contributed by atoms with Crippen LogP contribution in [-0.2, 0) is 4.74 Å². The highest BCUT2D eigenvalue weighted by Gasteiger charge is 2.24. The number of hydrogen-bond donors (Lipinski definition) is 0. The fourth-order valence-corrected chi connectivity index (χ4v) is 3.06. The molecule has 0 aromatic heterocycles. The quantitative estimate of drug-likeness (QED) is 0.652. The van der Waals surface area contributed by atoms with Crippen molar-refractivity contribution in [3.05, 3.63) is 30.1 Å². The van der Waals surface area contributed by atoms with E-state index in [2.05, 4.69) is 16.7 Å². The van der Waals surface area contributed by atoms with Crippen LogP contribution in [0.3, 0.4) is 0 Å². The predicted molar refractivity (Wildman–Crippen MR) is 90.5 cm³/mol. The Morgan fingerprint density at radius 1 is 1.13 bits per heavy atom. The maximum absolute atomic E-state index is 12.8. The first kappa shape index (κ1) is 18.2. The van der Waals surface area contributed by atoms with Crippen LogP contribution in [0.15, 0.2) is 24.3 Å². The Bertz CT molecular complexity index is 441. The van der Waals surface area contributed by atoms with Crippen molar-refractivity contribution in [1.82, 2.24) is 9.80 Å². The average Bonchev–Trinajstić information content (AvgIpc) is 2.58. The van der Waals surface area contributed by atoms with Crippen LogP contribution in [0.25, 0.3) is 0 Å². The highest BCUT2D eigenvalue weighted by atomic mass is 19.1. The molecule has 2 rings (SSSR count). The van der Waals surface area contributed by atoms with E-state index < -0.39 is 0 Å². The smallest absolute Gasteiger partial charge is 0.123 e. The van der Waals surface area contributed by atoms with Crippen LogP contribution in [0.2, 0.25) is 0 Å². The monoisotopic (exact) mass is 324 g/mol. The third-order valence-electron chi connectivity index (χ3n) is 4.44. The Morgan fingerprint density at radius 3 is 2.61 bits per heavy atom. The standard InChI is InChI=1S/C18H29FN2O2/c1-3-17-15-20(10-11-21(17)12-14-22-2)9-4-13-23-18-7-5-16(19)6-8-18/h5-8,17H,3-4,9-15H2,1-2H3/t17-/m0/s1. The van der Waals surface area contributed by atoms with Crippen molar-refractivity contribution in [3.8, 4) is 5.75 Å². The summed E-state index contributed by atoms with van der Waals surface area (Å²) in [6.07, 6.45) is 2.16. The molecule has 1 fully saturated rings. The Kier molecular flexibility index (Phi) is 7.79. The minimum Gasteiger partial charge on any atom is -0.494 e. The Balaban J connectivity index is 1.65. The van der Waals surface area contributed by atoms with E-state index in [0.717, 1.165) is 51.5 Å². The van der Waals surface area contributed by atoms with Crippen LogP contribution >= 0.6 is 0 Å². The van der Waals surface area contributed by atoms with Crippen molar-refractivity contribution in [2.75, 3.05) is 53.0 Å². The van der Waals surface area contributed by atoms with Gasteiger partial charge < -0.3 is 14.4 Å². The summed E-state index contributed by atoms with van der Waals surface area (Å²) in [6.45, 7) is 9.15. The molecule has 1 aromatic carbocycles. The van der Waals surface area contributed by atoms with Crippen LogP contribution < -0.4 is 4.74 Å². The number of piperazine rings is 1. The van der Waals surface area contributed by atoms with Gasteiger partial charge in [-0.05, 0) is 37.1 Å². The van der Waals surface area contributed by atoms with E-state index in [9.17, 15) is 4.39 Å². The molecular weight excluding hydrogens is 295 g/mol. The van der Waals surface area contributed by atoms with Crippen LogP contribution in [-0.4, -0.2) is 68.9 Å². The molecule has 1 aliphatic rings. The van der Waals surface area contributed by atoms with Gasteiger partial charge in [0.25, 0.3) is 0 Å². The number of hydrogen-bond acceptors (Lipinski definition) is 4. The minimum absolute atomic E-state index is 0.227. The van der Waals surface area contributed by atoms with Crippen LogP contribution in [0.4, 0.5) is 4.39 Å². The topological polar surface area (TPSA) is 24.9 Å². The SMILES string of the molecule is CC[C@H]1CN(CCCOc2ccc(F)cc2)CCN1CCOC. The summed E-state index contributed by atoms with van der Waals surface area (Å²) >= 11 is 0. The van der Waals surface area contributed by atoms with Gasteiger partial charge in [-0.2, -0.15) is 0 Å². The number of nitrogens with zero attached hydrogens (tertiary/aromatic N) is 2. The summed E-state index contributed by atoms with van der Waals surface area (Å²) in [5.41, 5.74) is 0. The lowest BCUT2D eigenvalue weighted by Crippen LogP contribution is -2.53. The average molecular weight is 324 g/mol. The molecule has 0 unspecified atom stereocenters. The van der Waals surface area contributed by atoms with Gasteiger partial charge in [0.2, 0.25) is 0 Å². The van der Waals surface area contributed by atoms with E-state index >= 15 is 0 Å². The molecule has 1 atom stereocenters. The first-order valence-corrected chi connectivity index (χ1v) is 8.56. The molecule has 0 radical (unpaired) electrons.